The topological polar surface area (TPSA) is 29.3 Å². The van der Waals surface area contributed by atoms with Gasteiger partial charge in [-0.1, -0.05) is 32.9 Å². The molecule has 0 spiro atoms. The summed E-state index contributed by atoms with van der Waals surface area (Å²) in [5.74, 6) is 0. The molecule has 0 bridgehead atoms. The van der Waals surface area contributed by atoms with Crippen LogP contribution in [0.5, 0.6) is 0 Å². The molecular weight excluding hydrogens is 240 g/mol. The zero-order valence-corrected chi connectivity index (χ0v) is 12.9. The molecule has 2 nitrogen and oxygen atoms in total. The maximum Gasteiger partial charge on any atom is 0.0233 e. The van der Waals surface area contributed by atoms with Gasteiger partial charge >= 0.3 is 0 Å². The summed E-state index contributed by atoms with van der Waals surface area (Å²) >= 11 is 1.79. The van der Waals surface area contributed by atoms with Crippen molar-refractivity contribution in [2.75, 3.05) is 25.9 Å². The van der Waals surface area contributed by atoms with Crippen LogP contribution in [0.2, 0.25) is 0 Å². The van der Waals surface area contributed by atoms with Gasteiger partial charge in [0.2, 0.25) is 0 Å². The van der Waals surface area contributed by atoms with Crippen molar-refractivity contribution in [3.8, 4) is 0 Å². The minimum absolute atomic E-state index is 0.190. The van der Waals surface area contributed by atoms with Crippen molar-refractivity contribution < 1.29 is 0 Å². The van der Waals surface area contributed by atoms with Gasteiger partial charge in [0, 0.05) is 18.0 Å². The van der Waals surface area contributed by atoms with Gasteiger partial charge in [-0.25, -0.2) is 0 Å². The highest BCUT2D eigenvalue weighted by Gasteiger charge is 2.19. The molecule has 0 fully saturated rings. The van der Waals surface area contributed by atoms with Crippen LogP contribution in [0.15, 0.2) is 29.2 Å². The highest BCUT2D eigenvalue weighted by atomic mass is 32.2. The Bertz CT molecular complexity index is 346. The van der Waals surface area contributed by atoms with E-state index in [1.165, 1.54) is 10.5 Å². The molecule has 0 aliphatic rings. The highest BCUT2D eigenvalue weighted by Crippen LogP contribution is 2.19. The van der Waals surface area contributed by atoms with E-state index in [0.29, 0.717) is 0 Å². The van der Waals surface area contributed by atoms with Crippen LogP contribution in [-0.4, -0.2) is 30.8 Å². The summed E-state index contributed by atoms with van der Waals surface area (Å²) in [5, 5.41) is 0. The van der Waals surface area contributed by atoms with Crippen molar-refractivity contribution in [2.45, 2.75) is 32.2 Å². The summed E-state index contributed by atoms with van der Waals surface area (Å²) in [7, 11) is 0. The SMILES string of the molecule is CCN(Cc1ccc(SC)cc1)CC(C)(C)CN. The fourth-order valence-electron chi connectivity index (χ4n) is 1.94. The standard InChI is InChI=1S/C15H26N2S/c1-5-17(12-15(2,3)11-16)10-13-6-8-14(18-4)9-7-13/h6-9H,5,10-12,16H2,1-4H3. The van der Waals surface area contributed by atoms with Crippen molar-refractivity contribution in [3.63, 3.8) is 0 Å². The summed E-state index contributed by atoms with van der Waals surface area (Å²) in [6.45, 7) is 10.5. The van der Waals surface area contributed by atoms with Gasteiger partial charge in [0.1, 0.15) is 0 Å². The lowest BCUT2D eigenvalue weighted by atomic mass is 9.93. The van der Waals surface area contributed by atoms with Gasteiger partial charge in [-0.15, -0.1) is 11.8 Å². The van der Waals surface area contributed by atoms with E-state index in [9.17, 15) is 0 Å². The first-order chi connectivity index (χ1) is 8.50. The largest absolute Gasteiger partial charge is 0.330 e. The van der Waals surface area contributed by atoms with Crippen molar-refractivity contribution in [1.29, 1.82) is 0 Å². The lowest BCUT2D eigenvalue weighted by Crippen LogP contribution is -2.38. The van der Waals surface area contributed by atoms with Crippen molar-refractivity contribution in [3.05, 3.63) is 29.8 Å². The summed E-state index contributed by atoms with van der Waals surface area (Å²) in [6, 6.07) is 8.84. The fraction of sp³-hybridized carbons (Fsp3) is 0.600. The Morgan fingerprint density at radius 1 is 1.22 bits per heavy atom. The van der Waals surface area contributed by atoms with Gasteiger partial charge in [-0.3, -0.25) is 4.90 Å². The Labute approximate surface area is 116 Å². The zero-order chi connectivity index (χ0) is 13.6. The average molecular weight is 266 g/mol. The summed E-state index contributed by atoms with van der Waals surface area (Å²) in [5.41, 5.74) is 7.38. The van der Waals surface area contributed by atoms with E-state index < -0.39 is 0 Å². The molecule has 0 amide bonds. The second kappa shape index (κ2) is 7.17. The lowest BCUT2D eigenvalue weighted by Gasteiger charge is -2.31. The summed E-state index contributed by atoms with van der Waals surface area (Å²) < 4.78 is 0. The molecular formula is C15H26N2S. The smallest absolute Gasteiger partial charge is 0.0233 e. The molecule has 2 N–H and O–H groups in total. The highest BCUT2D eigenvalue weighted by molar-refractivity contribution is 7.98. The van der Waals surface area contributed by atoms with Crippen LogP contribution in [0, 0.1) is 5.41 Å². The number of hydrogen-bond donors (Lipinski definition) is 1. The minimum Gasteiger partial charge on any atom is -0.330 e. The molecule has 0 radical (unpaired) electrons. The maximum atomic E-state index is 5.81. The van der Waals surface area contributed by atoms with Crippen molar-refractivity contribution in [2.24, 2.45) is 11.1 Å². The van der Waals surface area contributed by atoms with Crippen LogP contribution in [0.3, 0.4) is 0 Å². The van der Waals surface area contributed by atoms with Crippen LogP contribution in [0.1, 0.15) is 26.3 Å². The van der Waals surface area contributed by atoms with Gasteiger partial charge in [0.15, 0.2) is 0 Å². The quantitative estimate of drug-likeness (QED) is 0.768. The maximum absolute atomic E-state index is 5.81. The summed E-state index contributed by atoms with van der Waals surface area (Å²) in [4.78, 5) is 3.78. The molecule has 0 unspecified atom stereocenters. The second-order valence-electron chi connectivity index (χ2n) is 5.52. The molecule has 3 heteroatoms. The Balaban J connectivity index is 2.62. The lowest BCUT2D eigenvalue weighted by molar-refractivity contribution is 0.183. The Morgan fingerprint density at radius 2 is 1.83 bits per heavy atom. The van der Waals surface area contributed by atoms with Crippen LogP contribution >= 0.6 is 11.8 Å². The Kier molecular flexibility index (Phi) is 6.19. The van der Waals surface area contributed by atoms with Gasteiger partial charge in [0.25, 0.3) is 0 Å². The molecule has 0 saturated carbocycles. The van der Waals surface area contributed by atoms with E-state index in [0.717, 1.165) is 26.2 Å². The molecule has 1 aromatic rings. The molecule has 0 heterocycles. The Morgan fingerprint density at radius 3 is 2.28 bits per heavy atom. The Hall–Kier alpha value is -0.510. The number of nitrogens with zero attached hydrogens (tertiary/aromatic N) is 1. The van der Waals surface area contributed by atoms with E-state index in [2.05, 4.69) is 56.2 Å². The molecule has 0 saturated heterocycles. The van der Waals surface area contributed by atoms with E-state index >= 15 is 0 Å². The summed E-state index contributed by atoms with van der Waals surface area (Å²) in [6.07, 6.45) is 2.11. The molecule has 0 atom stereocenters. The third kappa shape index (κ3) is 5.01. The normalized spacial score (nSPS) is 12.1. The number of nitrogens with two attached hydrogens (primary N) is 1. The van der Waals surface area contributed by atoms with E-state index in [1.54, 1.807) is 11.8 Å². The van der Waals surface area contributed by atoms with Gasteiger partial charge in [-0.2, -0.15) is 0 Å². The molecule has 0 aliphatic carbocycles. The third-order valence-electron chi connectivity index (χ3n) is 3.22. The van der Waals surface area contributed by atoms with E-state index in [-0.39, 0.29) is 5.41 Å². The first kappa shape index (κ1) is 15.5. The molecule has 1 rings (SSSR count). The van der Waals surface area contributed by atoms with E-state index in [1.807, 2.05) is 0 Å². The molecule has 102 valence electrons. The molecule has 18 heavy (non-hydrogen) atoms. The number of benzene rings is 1. The average Bonchev–Trinajstić information content (AvgIpc) is 2.38. The van der Waals surface area contributed by atoms with Crippen LogP contribution in [-0.2, 0) is 6.54 Å². The predicted molar refractivity (Wildman–Crippen MR) is 82.0 cm³/mol. The number of rotatable bonds is 7. The van der Waals surface area contributed by atoms with Crippen molar-refractivity contribution >= 4 is 11.8 Å². The number of thioether (sulfide) groups is 1. The van der Waals surface area contributed by atoms with Gasteiger partial charge in [0.05, 0.1) is 0 Å². The van der Waals surface area contributed by atoms with Gasteiger partial charge in [-0.05, 0) is 42.5 Å². The molecule has 0 aromatic heterocycles. The number of hydrogen-bond acceptors (Lipinski definition) is 3. The molecule has 0 aliphatic heterocycles. The van der Waals surface area contributed by atoms with E-state index in [4.69, 9.17) is 5.73 Å². The van der Waals surface area contributed by atoms with Crippen molar-refractivity contribution in [1.82, 2.24) is 4.90 Å². The third-order valence-corrected chi connectivity index (χ3v) is 3.96. The predicted octanol–water partition coefficient (Wildman–Crippen LogP) is 3.22. The van der Waals surface area contributed by atoms with Crippen LogP contribution < -0.4 is 5.73 Å². The first-order valence-electron chi connectivity index (χ1n) is 6.56. The fourth-order valence-corrected chi connectivity index (χ4v) is 2.35. The molecule has 1 aromatic carbocycles. The minimum atomic E-state index is 0.190. The zero-order valence-electron chi connectivity index (χ0n) is 12.1. The first-order valence-corrected chi connectivity index (χ1v) is 7.78. The van der Waals surface area contributed by atoms with Crippen LogP contribution in [0.4, 0.5) is 0 Å². The van der Waals surface area contributed by atoms with Crippen LogP contribution in [0.25, 0.3) is 0 Å². The van der Waals surface area contributed by atoms with Gasteiger partial charge < -0.3 is 5.73 Å². The monoisotopic (exact) mass is 266 g/mol. The second-order valence-corrected chi connectivity index (χ2v) is 6.40.